The summed E-state index contributed by atoms with van der Waals surface area (Å²) in [5.74, 6) is -0.183. The van der Waals surface area contributed by atoms with Gasteiger partial charge in [-0.3, -0.25) is 0 Å². The third-order valence-electron chi connectivity index (χ3n) is 2.64. The van der Waals surface area contributed by atoms with Gasteiger partial charge in [-0.25, -0.2) is 9.48 Å². The van der Waals surface area contributed by atoms with E-state index in [0.29, 0.717) is 20.6 Å². The Kier molecular flexibility index (Phi) is 4.64. The van der Waals surface area contributed by atoms with Gasteiger partial charge >= 0.3 is 5.97 Å². The van der Waals surface area contributed by atoms with Crippen LogP contribution in [0.3, 0.4) is 0 Å². The molecular weight excluding hydrogens is 387 g/mol. The first kappa shape index (κ1) is 15.1. The summed E-state index contributed by atoms with van der Waals surface area (Å²) in [5.41, 5.74) is 7.02. The van der Waals surface area contributed by atoms with E-state index >= 15 is 0 Å². The average molecular weight is 398 g/mol. The lowest BCUT2D eigenvalue weighted by atomic mass is 10.2. The van der Waals surface area contributed by atoms with Crippen molar-refractivity contribution in [2.75, 3.05) is 12.8 Å². The summed E-state index contributed by atoms with van der Waals surface area (Å²) >= 11 is 2.00. The highest BCUT2D eigenvalue weighted by molar-refractivity contribution is 14.1. The highest BCUT2D eigenvalue weighted by atomic mass is 127. The molecule has 2 aromatic rings. The zero-order valence-electron chi connectivity index (χ0n) is 11.0. The molecule has 0 unspecified atom stereocenters. The van der Waals surface area contributed by atoms with E-state index in [-0.39, 0.29) is 12.3 Å². The summed E-state index contributed by atoms with van der Waals surface area (Å²) < 4.78 is 12.4. The van der Waals surface area contributed by atoms with E-state index in [9.17, 15) is 4.79 Å². The molecule has 0 saturated carbocycles. The third kappa shape index (κ3) is 3.25. The van der Waals surface area contributed by atoms with Crippen molar-refractivity contribution in [1.29, 1.82) is 5.26 Å². The van der Waals surface area contributed by atoms with Crippen molar-refractivity contribution in [3.8, 4) is 11.8 Å². The second kappa shape index (κ2) is 6.45. The van der Waals surface area contributed by atoms with Crippen LogP contribution in [0.2, 0.25) is 0 Å². The molecule has 1 aromatic carbocycles. The lowest BCUT2D eigenvalue weighted by Crippen LogP contribution is -2.12. The maximum Gasteiger partial charge on any atom is 0.341 e. The van der Waals surface area contributed by atoms with E-state index in [1.165, 1.54) is 24.2 Å². The Bertz CT molecular complexity index is 721. The number of hydrogen-bond acceptors (Lipinski definition) is 6. The molecule has 0 aliphatic carbocycles. The third-order valence-corrected chi connectivity index (χ3v) is 3.75. The van der Waals surface area contributed by atoms with Gasteiger partial charge in [0.05, 0.1) is 22.4 Å². The fraction of sp³-hybridized carbons (Fsp3) is 0.154. The topological polar surface area (TPSA) is 103 Å². The molecule has 7 nitrogen and oxygen atoms in total. The zero-order chi connectivity index (χ0) is 15.4. The Hall–Kier alpha value is -2.28. The van der Waals surface area contributed by atoms with Gasteiger partial charge in [0.2, 0.25) is 0 Å². The molecule has 0 fully saturated rings. The molecule has 0 bridgehead atoms. The van der Waals surface area contributed by atoms with Crippen LogP contribution < -0.4 is 10.5 Å². The number of rotatable bonds is 4. The fourth-order valence-corrected chi connectivity index (χ4v) is 2.23. The van der Waals surface area contributed by atoms with E-state index in [1.807, 2.05) is 28.7 Å². The second-order valence-corrected chi connectivity index (χ2v) is 5.07. The molecule has 1 aromatic heterocycles. The molecule has 0 saturated heterocycles. The molecule has 2 rings (SSSR count). The van der Waals surface area contributed by atoms with Gasteiger partial charge in [-0.2, -0.15) is 10.4 Å². The minimum Gasteiger partial charge on any atom is -0.469 e. The molecule has 8 heteroatoms. The van der Waals surface area contributed by atoms with Gasteiger partial charge < -0.3 is 15.2 Å². The van der Waals surface area contributed by atoms with Crippen LogP contribution in [0.25, 0.3) is 0 Å². The van der Waals surface area contributed by atoms with Crippen molar-refractivity contribution in [1.82, 2.24) is 9.78 Å². The first-order valence-corrected chi connectivity index (χ1v) is 6.86. The Morgan fingerprint density at radius 2 is 2.33 bits per heavy atom. The van der Waals surface area contributed by atoms with Crippen molar-refractivity contribution >= 4 is 34.2 Å². The quantitative estimate of drug-likeness (QED) is 0.478. The van der Waals surface area contributed by atoms with E-state index < -0.39 is 5.97 Å². The minimum atomic E-state index is -0.513. The molecule has 2 N–H and O–H groups in total. The summed E-state index contributed by atoms with van der Waals surface area (Å²) in [6, 6.07) is 5.13. The van der Waals surface area contributed by atoms with Crippen LogP contribution in [-0.4, -0.2) is 22.9 Å². The maximum absolute atomic E-state index is 11.7. The number of benzene rings is 1. The molecular formula is C13H11IN4O3. The van der Waals surface area contributed by atoms with Crippen molar-refractivity contribution in [2.45, 2.75) is 6.73 Å². The molecule has 0 aliphatic heterocycles. The molecule has 0 atom stereocenters. The SMILES string of the molecule is COC(=O)c1ccc(N)c(I)c1OCn1cc(C#N)cn1. The van der Waals surface area contributed by atoms with Gasteiger partial charge in [-0.05, 0) is 34.7 Å². The molecule has 0 amide bonds. The van der Waals surface area contributed by atoms with Gasteiger partial charge in [-0.1, -0.05) is 0 Å². The van der Waals surface area contributed by atoms with Gasteiger partial charge in [0.25, 0.3) is 0 Å². The summed E-state index contributed by atoms with van der Waals surface area (Å²) in [4.78, 5) is 11.7. The van der Waals surface area contributed by atoms with Crippen LogP contribution in [0.1, 0.15) is 15.9 Å². The van der Waals surface area contributed by atoms with Crippen LogP contribution in [0.15, 0.2) is 24.5 Å². The van der Waals surface area contributed by atoms with E-state index in [2.05, 4.69) is 5.10 Å². The number of nitrogen functional groups attached to an aromatic ring is 1. The van der Waals surface area contributed by atoms with Gasteiger partial charge in [0, 0.05) is 11.9 Å². The summed E-state index contributed by atoms with van der Waals surface area (Å²) in [6.45, 7) is 0.0468. The lowest BCUT2D eigenvalue weighted by molar-refractivity contribution is 0.0593. The van der Waals surface area contributed by atoms with Crippen LogP contribution in [0, 0.1) is 14.9 Å². The molecule has 1 heterocycles. The Morgan fingerprint density at radius 3 is 2.95 bits per heavy atom. The number of hydrogen-bond donors (Lipinski definition) is 1. The number of methoxy groups -OCH3 is 1. The molecule has 0 aliphatic rings. The highest BCUT2D eigenvalue weighted by Crippen LogP contribution is 2.31. The Morgan fingerprint density at radius 1 is 1.57 bits per heavy atom. The Balaban J connectivity index is 2.27. The number of ether oxygens (including phenoxy) is 2. The van der Waals surface area contributed by atoms with Gasteiger partial charge in [0.15, 0.2) is 12.5 Å². The molecule has 0 spiro atoms. The van der Waals surface area contributed by atoms with Crippen molar-refractivity contribution in [3.05, 3.63) is 39.2 Å². The van der Waals surface area contributed by atoms with E-state index in [4.69, 9.17) is 20.5 Å². The number of nitrogens with two attached hydrogens (primary N) is 1. The second-order valence-electron chi connectivity index (χ2n) is 3.99. The normalized spacial score (nSPS) is 9.95. The first-order valence-electron chi connectivity index (χ1n) is 5.78. The number of anilines is 1. The van der Waals surface area contributed by atoms with Crippen molar-refractivity contribution in [3.63, 3.8) is 0 Å². The number of carbonyl (C=O) groups is 1. The standard InChI is InChI=1S/C13H11IN4O3/c1-20-13(19)9-2-3-10(16)11(14)12(9)21-7-18-6-8(4-15)5-17-18/h2-3,5-6H,7,16H2,1H3. The number of nitriles is 1. The summed E-state index contributed by atoms with van der Waals surface area (Å²) in [6.07, 6.45) is 2.96. The summed E-state index contributed by atoms with van der Waals surface area (Å²) in [5, 5.41) is 12.7. The number of aromatic nitrogens is 2. The largest absolute Gasteiger partial charge is 0.469 e. The van der Waals surface area contributed by atoms with Crippen molar-refractivity contribution in [2.24, 2.45) is 0 Å². The number of halogens is 1. The van der Waals surface area contributed by atoms with Crippen molar-refractivity contribution < 1.29 is 14.3 Å². The first-order chi connectivity index (χ1) is 10.1. The van der Waals surface area contributed by atoms with E-state index in [0.717, 1.165) is 0 Å². The van der Waals surface area contributed by atoms with E-state index in [1.54, 1.807) is 12.1 Å². The number of esters is 1. The van der Waals surface area contributed by atoms with Gasteiger partial charge in [0.1, 0.15) is 11.6 Å². The minimum absolute atomic E-state index is 0.0468. The fourth-order valence-electron chi connectivity index (χ4n) is 1.61. The maximum atomic E-state index is 11.7. The van der Waals surface area contributed by atoms with Crippen LogP contribution in [0.4, 0.5) is 5.69 Å². The monoisotopic (exact) mass is 398 g/mol. The molecule has 0 radical (unpaired) electrons. The highest BCUT2D eigenvalue weighted by Gasteiger charge is 2.18. The van der Waals surface area contributed by atoms with Crippen LogP contribution in [0.5, 0.6) is 5.75 Å². The lowest BCUT2D eigenvalue weighted by Gasteiger charge is -2.13. The zero-order valence-corrected chi connectivity index (χ0v) is 13.2. The predicted molar refractivity (Wildman–Crippen MR) is 82.5 cm³/mol. The average Bonchev–Trinajstić information content (AvgIpc) is 2.96. The smallest absolute Gasteiger partial charge is 0.341 e. The van der Waals surface area contributed by atoms with Gasteiger partial charge in [-0.15, -0.1) is 0 Å². The molecule has 108 valence electrons. The predicted octanol–water partition coefficient (Wildman–Crippen LogP) is 1.76. The molecule has 21 heavy (non-hydrogen) atoms. The summed E-state index contributed by atoms with van der Waals surface area (Å²) in [7, 11) is 1.29. The number of carbonyl (C=O) groups excluding carboxylic acids is 1. The number of nitrogens with zero attached hydrogens (tertiary/aromatic N) is 3. The van der Waals surface area contributed by atoms with Crippen LogP contribution >= 0.6 is 22.6 Å². The Labute approximate surface area is 134 Å². The van der Waals surface area contributed by atoms with Crippen LogP contribution in [-0.2, 0) is 11.5 Å².